The molecular weight excluding hydrogens is 378 g/mol. The van der Waals surface area contributed by atoms with Crippen molar-refractivity contribution in [1.82, 2.24) is 15.1 Å². The van der Waals surface area contributed by atoms with Gasteiger partial charge in [0.15, 0.2) is 0 Å². The number of nitrogens with zero attached hydrogens (tertiary/aromatic N) is 3. The average Bonchev–Trinajstić information content (AvgIpc) is 3.07. The summed E-state index contributed by atoms with van der Waals surface area (Å²) in [7, 11) is 0. The number of likely N-dealkylation sites (tertiary alicyclic amines) is 1. The fourth-order valence-corrected chi connectivity index (χ4v) is 3.63. The number of amides is 1. The molecule has 0 radical (unpaired) electrons. The lowest BCUT2D eigenvalue weighted by Gasteiger charge is -2.31. The number of aromatic nitrogens is 2. The van der Waals surface area contributed by atoms with Crippen molar-refractivity contribution in [2.75, 3.05) is 13.1 Å². The Labute approximate surface area is 147 Å². The van der Waals surface area contributed by atoms with Gasteiger partial charge in [-0.3, -0.25) is 4.79 Å². The van der Waals surface area contributed by atoms with Crippen LogP contribution in [0.4, 0.5) is 0 Å². The largest absolute Gasteiger partial charge is 0.465 e. The van der Waals surface area contributed by atoms with E-state index >= 15 is 0 Å². The highest BCUT2D eigenvalue weighted by atomic mass is 79.9. The van der Waals surface area contributed by atoms with Gasteiger partial charge >= 0.3 is 0 Å². The third kappa shape index (κ3) is 4.51. The number of aryl methyl sites for hydroxylation is 1. The zero-order valence-corrected chi connectivity index (χ0v) is 15.1. The van der Waals surface area contributed by atoms with Crippen LogP contribution in [0, 0.1) is 0 Å². The molecule has 0 atom stereocenters. The number of hydrogen-bond donors (Lipinski definition) is 0. The van der Waals surface area contributed by atoms with Gasteiger partial charge in [0, 0.05) is 36.8 Å². The fourth-order valence-electron chi connectivity index (χ4n) is 2.68. The van der Waals surface area contributed by atoms with Crippen LogP contribution in [0.5, 0.6) is 5.19 Å². The number of carbonyl (C=O) groups is 1. The SMILES string of the molecule is O=C(CCc1ccccc1Br)N1CCC(Oc2nncs2)CC1. The monoisotopic (exact) mass is 395 g/mol. The van der Waals surface area contributed by atoms with Gasteiger partial charge in [0.1, 0.15) is 11.6 Å². The van der Waals surface area contributed by atoms with Gasteiger partial charge in [-0.05, 0) is 18.1 Å². The first-order valence-corrected chi connectivity index (χ1v) is 9.33. The predicted octanol–water partition coefficient (Wildman–Crippen LogP) is 3.30. The molecule has 1 aromatic carbocycles. The molecule has 122 valence electrons. The standard InChI is InChI=1S/C16H18BrN3O2S/c17-14-4-2-1-3-12(14)5-6-15(21)20-9-7-13(8-10-20)22-16-19-18-11-23-16/h1-4,11,13H,5-10H2. The Balaban J connectivity index is 1.44. The first kappa shape index (κ1) is 16.4. The second kappa shape index (κ2) is 7.88. The molecule has 0 unspecified atom stereocenters. The van der Waals surface area contributed by atoms with Gasteiger partial charge in [0.05, 0.1) is 0 Å². The van der Waals surface area contributed by atoms with Gasteiger partial charge in [-0.25, -0.2) is 0 Å². The number of halogens is 1. The molecule has 3 rings (SSSR count). The van der Waals surface area contributed by atoms with E-state index in [2.05, 4.69) is 32.2 Å². The van der Waals surface area contributed by atoms with Crippen LogP contribution in [0.3, 0.4) is 0 Å². The maximum Gasteiger partial charge on any atom is 0.294 e. The molecule has 0 N–H and O–H groups in total. The van der Waals surface area contributed by atoms with Gasteiger partial charge in [-0.15, -0.1) is 10.2 Å². The van der Waals surface area contributed by atoms with Crippen LogP contribution in [0.15, 0.2) is 34.2 Å². The summed E-state index contributed by atoms with van der Waals surface area (Å²) < 4.78 is 6.84. The first-order valence-electron chi connectivity index (χ1n) is 7.66. The number of hydrogen-bond acceptors (Lipinski definition) is 5. The molecule has 0 aliphatic carbocycles. The van der Waals surface area contributed by atoms with Gasteiger partial charge in [-0.2, -0.15) is 0 Å². The highest BCUT2D eigenvalue weighted by Gasteiger charge is 2.24. The van der Waals surface area contributed by atoms with Crippen LogP contribution in [-0.4, -0.2) is 40.2 Å². The molecule has 1 fully saturated rings. The normalized spacial score (nSPS) is 15.6. The maximum atomic E-state index is 12.4. The van der Waals surface area contributed by atoms with Crippen molar-refractivity contribution in [2.45, 2.75) is 31.8 Å². The Morgan fingerprint density at radius 2 is 2.13 bits per heavy atom. The van der Waals surface area contributed by atoms with Crippen molar-refractivity contribution in [3.63, 3.8) is 0 Å². The van der Waals surface area contributed by atoms with Crippen LogP contribution in [0.1, 0.15) is 24.8 Å². The Morgan fingerprint density at radius 3 is 2.83 bits per heavy atom. The number of ether oxygens (including phenoxy) is 1. The van der Waals surface area contributed by atoms with E-state index in [0.717, 1.165) is 36.8 Å². The lowest BCUT2D eigenvalue weighted by molar-refractivity contribution is -0.132. The number of piperidine rings is 1. The first-order chi connectivity index (χ1) is 11.2. The van der Waals surface area contributed by atoms with Gasteiger partial charge in [0.2, 0.25) is 5.91 Å². The van der Waals surface area contributed by atoms with E-state index in [9.17, 15) is 4.79 Å². The minimum atomic E-state index is 0.135. The molecule has 0 saturated carbocycles. The van der Waals surface area contributed by atoms with Crippen molar-refractivity contribution < 1.29 is 9.53 Å². The van der Waals surface area contributed by atoms with E-state index in [-0.39, 0.29) is 12.0 Å². The van der Waals surface area contributed by atoms with Crippen molar-refractivity contribution in [3.8, 4) is 5.19 Å². The highest BCUT2D eigenvalue weighted by molar-refractivity contribution is 9.10. The van der Waals surface area contributed by atoms with Crippen molar-refractivity contribution in [3.05, 3.63) is 39.8 Å². The summed E-state index contributed by atoms with van der Waals surface area (Å²) in [6.45, 7) is 1.50. The molecule has 2 heterocycles. The topological polar surface area (TPSA) is 55.3 Å². The molecule has 1 aromatic heterocycles. The minimum Gasteiger partial charge on any atom is -0.465 e. The van der Waals surface area contributed by atoms with Crippen LogP contribution >= 0.6 is 27.3 Å². The Kier molecular flexibility index (Phi) is 5.61. The number of rotatable bonds is 5. The summed E-state index contributed by atoms with van der Waals surface area (Å²) >= 11 is 4.93. The summed E-state index contributed by atoms with van der Waals surface area (Å²) in [6, 6.07) is 8.05. The molecule has 1 saturated heterocycles. The molecule has 7 heteroatoms. The predicted molar refractivity (Wildman–Crippen MR) is 92.6 cm³/mol. The Hall–Kier alpha value is -1.47. The molecule has 2 aromatic rings. The molecule has 1 aliphatic heterocycles. The van der Waals surface area contributed by atoms with Gasteiger partial charge in [0.25, 0.3) is 5.19 Å². The number of carbonyl (C=O) groups excluding carboxylic acids is 1. The van der Waals surface area contributed by atoms with E-state index in [1.54, 1.807) is 5.51 Å². The quantitative estimate of drug-likeness (QED) is 0.778. The van der Waals surface area contributed by atoms with E-state index in [1.165, 1.54) is 16.9 Å². The molecule has 5 nitrogen and oxygen atoms in total. The zero-order chi connectivity index (χ0) is 16.1. The average molecular weight is 396 g/mol. The molecule has 0 spiro atoms. The number of benzene rings is 1. The lowest BCUT2D eigenvalue weighted by atomic mass is 10.1. The van der Waals surface area contributed by atoms with E-state index in [1.807, 2.05) is 23.1 Å². The lowest BCUT2D eigenvalue weighted by Crippen LogP contribution is -2.41. The smallest absolute Gasteiger partial charge is 0.294 e. The van der Waals surface area contributed by atoms with Crippen molar-refractivity contribution in [2.24, 2.45) is 0 Å². The fraction of sp³-hybridized carbons (Fsp3) is 0.438. The van der Waals surface area contributed by atoms with E-state index in [4.69, 9.17) is 4.74 Å². The van der Waals surface area contributed by atoms with Crippen LogP contribution < -0.4 is 4.74 Å². The van der Waals surface area contributed by atoms with Gasteiger partial charge in [-0.1, -0.05) is 45.5 Å². The zero-order valence-electron chi connectivity index (χ0n) is 12.7. The molecular formula is C16H18BrN3O2S. The van der Waals surface area contributed by atoms with Crippen molar-refractivity contribution in [1.29, 1.82) is 0 Å². The molecule has 1 aliphatic rings. The summed E-state index contributed by atoms with van der Waals surface area (Å²) in [6.07, 6.45) is 3.14. The second-order valence-corrected chi connectivity index (χ2v) is 7.14. The van der Waals surface area contributed by atoms with Crippen LogP contribution in [-0.2, 0) is 11.2 Å². The van der Waals surface area contributed by atoms with Crippen LogP contribution in [0.2, 0.25) is 0 Å². The summed E-state index contributed by atoms with van der Waals surface area (Å²) in [5.41, 5.74) is 2.84. The van der Waals surface area contributed by atoms with Crippen molar-refractivity contribution >= 4 is 33.2 Å². The molecule has 0 bridgehead atoms. The summed E-state index contributed by atoms with van der Waals surface area (Å²) in [4.78, 5) is 14.3. The second-order valence-electron chi connectivity index (χ2n) is 5.49. The third-order valence-electron chi connectivity index (χ3n) is 3.97. The Morgan fingerprint density at radius 1 is 1.35 bits per heavy atom. The van der Waals surface area contributed by atoms with Gasteiger partial charge < -0.3 is 9.64 Å². The highest BCUT2D eigenvalue weighted by Crippen LogP contribution is 2.21. The third-order valence-corrected chi connectivity index (χ3v) is 5.32. The minimum absolute atomic E-state index is 0.135. The van der Waals surface area contributed by atoms with Crippen LogP contribution in [0.25, 0.3) is 0 Å². The van der Waals surface area contributed by atoms with E-state index < -0.39 is 0 Å². The molecule has 23 heavy (non-hydrogen) atoms. The summed E-state index contributed by atoms with van der Waals surface area (Å²) in [5.74, 6) is 0.218. The summed E-state index contributed by atoms with van der Waals surface area (Å²) in [5, 5.41) is 8.28. The van der Waals surface area contributed by atoms with E-state index in [0.29, 0.717) is 11.6 Å². The molecule has 1 amide bonds. The Bertz CT molecular complexity index is 643. The maximum absolute atomic E-state index is 12.4.